The Morgan fingerprint density at radius 1 is 1.38 bits per heavy atom. The summed E-state index contributed by atoms with van der Waals surface area (Å²) in [5, 5.41) is 9.03. The zero-order chi connectivity index (χ0) is 16.0. The first-order chi connectivity index (χ1) is 9.83. The lowest BCUT2D eigenvalue weighted by Crippen LogP contribution is -2.36. The Labute approximate surface area is 123 Å². The van der Waals surface area contributed by atoms with Crippen molar-refractivity contribution in [1.29, 1.82) is 0 Å². The van der Waals surface area contributed by atoms with Gasteiger partial charge in [0.05, 0.1) is 23.2 Å². The summed E-state index contributed by atoms with van der Waals surface area (Å²) < 4.78 is 36.9. The van der Waals surface area contributed by atoms with Gasteiger partial charge in [-0.25, -0.2) is 17.9 Å². The highest BCUT2D eigenvalue weighted by molar-refractivity contribution is 7.89. The van der Waals surface area contributed by atoms with Crippen LogP contribution in [0.5, 0.6) is 0 Å². The zero-order valence-corrected chi connectivity index (χ0v) is 12.9. The Morgan fingerprint density at radius 3 is 2.57 bits per heavy atom. The van der Waals surface area contributed by atoms with Crippen LogP contribution in [0.2, 0.25) is 0 Å². The molecule has 0 saturated heterocycles. The third-order valence-corrected chi connectivity index (χ3v) is 4.56. The van der Waals surface area contributed by atoms with Gasteiger partial charge in [-0.1, -0.05) is 6.07 Å². The summed E-state index contributed by atoms with van der Waals surface area (Å²) in [5.41, 5.74) is 0.149. The Hall–Kier alpha value is -1.48. The number of aromatic carboxylic acids is 1. The first-order valence-electron chi connectivity index (χ1n) is 6.17. The van der Waals surface area contributed by atoms with Crippen LogP contribution >= 0.6 is 0 Å². The number of hydrogen-bond acceptors (Lipinski definition) is 5. The van der Waals surface area contributed by atoms with Crippen LogP contribution < -0.4 is 4.72 Å². The van der Waals surface area contributed by atoms with Crippen LogP contribution in [0, 0.1) is 6.92 Å². The predicted molar refractivity (Wildman–Crippen MR) is 76.0 cm³/mol. The molecule has 0 fully saturated rings. The summed E-state index contributed by atoms with van der Waals surface area (Å²) in [4.78, 5) is 11.0. The molecular weight excluding hydrogens is 298 g/mol. The number of carboxylic acid groups (broad SMARTS) is 1. The fourth-order valence-electron chi connectivity index (χ4n) is 1.81. The number of sulfonamides is 1. The summed E-state index contributed by atoms with van der Waals surface area (Å²) in [6, 6.07) is 4.12. The van der Waals surface area contributed by atoms with Gasteiger partial charge in [-0.3, -0.25) is 0 Å². The molecule has 0 spiro atoms. The van der Waals surface area contributed by atoms with E-state index in [2.05, 4.69) is 4.72 Å². The number of ether oxygens (including phenoxy) is 2. The van der Waals surface area contributed by atoms with E-state index in [0.717, 1.165) is 0 Å². The Bertz CT molecular complexity index is 599. The third kappa shape index (κ3) is 4.50. The molecule has 0 aliphatic heterocycles. The lowest BCUT2D eigenvalue weighted by Gasteiger charge is -2.16. The molecule has 0 aliphatic carbocycles. The van der Waals surface area contributed by atoms with E-state index in [1.165, 1.54) is 39.3 Å². The Balaban J connectivity index is 2.98. The molecule has 1 rings (SSSR count). The van der Waals surface area contributed by atoms with Crippen molar-refractivity contribution in [2.45, 2.75) is 17.9 Å². The first-order valence-corrected chi connectivity index (χ1v) is 7.66. The summed E-state index contributed by atoms with van der Waals surface area (Å²) >= 11 is 0. The first kappa shape index (κ1) is 17.6. The predicted octanol–water partition coefficient (Wildman–Crippen LogP) is 0.633. The molecule has 118 valence electrons. The van der Waals surface area contributed by atoms with E-state index in [9.17, 15) is 13.2 Å². The summed E-state index contributed by atoms with van der Waals surface area (Å²) in [6.07, 6.45) is -0.423. The van der Waals surface area contributed by atoms with Gasteiger partial charge in [0.25, 0.3) is 0 Å². The van der Waals surface area contributed by atoms with Gasteiger partial charge < -0.3 is 14.6 Å². The molecule has 0 radical (unpaired) electrons. The van der Waals surface area contributed by atoms with Crippen LogP contribution in [-0.2, 0) is 19.5 Å². The van der Waals surface area contributed by atoms with Crippen molar-refractivity contribution in [3.63, 3.8) is 0 Å². The highest BCUT2D eigenvalue weighted by Gasteiger charge is 2.21. The molecule has 8 heteroatoms. The quantitative estimate of drug-likeness (QED) is 0.729. The van der Waals surface area contributed by atoms with Gasteiger partial charge in [0, 0.05) is 20.8 Å². The number of benzene rings is 1. The van der Waals surface area contributed by atoms with Crippen molar-refractivity contribution in [2.24, 2.45) is 0 Å². The molecule has 21 heavy (non-hydrogen) atoms. The molecule has 1 unspecified atom stereocenters. The monoisotopic (exact) mass is 317 g/mol. The van der Waals surface area contributed by atoms with Gasteiger partial charge in [-0.2, -0.15) is 0 Å². The second-order valence-corrected chi connectivity index (χ2v) is 6.13. The van der Waals surface area contributed by atoms with E-state index in [1.54, 1.807) is 0 Å². The minimum Gasteiger partial charge on any atom is -0.478 e. The van der Waals surface area contributed by atoms with Crippen LogP contribution in [0.1, 0.15) is 15.9 Å². The molecule has 0 heterocycles. The van der Waals surface area contributed by atoms with E-state index < -0.39 is 22.1 Å². The Morgan fingerprint density at radius 2 is 2.05 bits per heavy atom. The van der Waals surface area contributed by atoms with Crippen molar-refractivity contribution < 1.29 is 27.8 Å². The van der Waals surface area contributed by atoms with E-state index in [1.807, 2.05) is 0 Å². The molecule has 0 saturated carbocycles. The van der Waals surface area contributed by atoms with E-state index in [-0.39, 0.29) is 29.2 Å². The number of rotatable bonds is 8. The molecule has 0 bridgehead atoms. The summed E-state index contributed by atoms with van der Waals surface area (Å²) in [6.45, 7) is 1.73. The van der Waals surface area contributed by atoms with Crippen molar-refractivity contribution >= 4 is 16.0 Å². The highest BCUT2D eigenvalue weighted by atomic mass is 32.2. The lowest BCUT2D eigenvalue weighted by atomic mass is 10.1. The molecule has 1 atom stereocenters. The van der Waals surface area contributed by atoms with Gasteiger partial charge in [-0.15, -0.1) is 0 Å². The fourth-order valence-corrected chi connectivity index (χ4v) is 3.15. The highest BCUT2D eigenvalue weighted by Crippen LogP contribution is 2.18. The maximum atomic E-state index is 12.3. The molecule has 1 aromatic carbocycles. The molecule has 0 aliphatic rings. The standard InChI is InChI=1S/C13H19NO6S/c1-9-11(13(15)16)5-4-6-12(9)21(17,18)14-7-10(20-3)8-19-2/h4-6,10,14H,7-8H2,1-3H3,(H,15,16). The third-order valence-electron chi connectivity index (χ3n) is 2.99. The van der Waals surface area contributed by atoms with Gasteiger partial charge in [-0.05, 0) is 24.6 Å². The van der Waals surface area contributed by atoms with Crippen molar-refractivity contribution in [3.05, 3.63) is 29.3 Å². The summed E-state index contributed by atoms with van der Waals surface area (Å²) in [5.74, 6) is -1.17. The summed E-state index contributed by atoms with van der Waals surface area (Å²) in [7, 11) is -0.880. The fraction of sp³-hybridized carbons (Fsp3) is 0.462. The maximum Gasteiger partial charge on any atom is 0.335 e. The van der Waals surface area contributed by atoms with Gasteiger partial charge in [0.15, 0.2) is 0 Å². The largest absolute Gasteiger partial charge is 0.478 e. The van der Waals surface area contributed by atoms with Crippen LogP contribution in [0.4, 0.5) is 0 Å². The Kier molecular flexibility index (Phi) is 6.28. The number of carboxylic acids is 1. The number of methoxy groups -OCH3 is 2. The topological polar surface area (TPSA) is 102 Å². The smallest absolute Gasteiger partial charge is 0.335 e. The molecule has 1 aromatic rings. The van der Waals surface area contributed by atoms with E-state index in [0.29, 0.717) is 0 Å². The average Bonchev–Trinajstić information content (AvgIpc) is 2.43. The maximum absolute atomic E-state index is 12.3. The van der Waals surface area contributed by atoms with Crippen molar-refractivity contribution in [1.82, 2.24) is 4.72 Å². The minimum atomic E-state index is -3.82. The SMILES string of the molecule is COCC(CNS(=O)(=O)c1cccc(C(=O)O)c1C)OC. The zero-order valence-electron chi connectivity index (χ0n) is 12.1. The van der Waals surface area contributed by atoms with E-state index in [4.69, 9.17) is 14.6 Å². The number of hydrogen-bond donors (Lipinski definition) is 2. The molecule has 2 N–H and O–H groups in total. The number of nitrogens with one attached hydrogen (secondary N) is 1. The van der Waals surface area contributed by atoms with Gasteiger partial charge >= 0.3 is 5.97 Å². The molecule has 0 aromatic heterocycles. The van der Waals surface area contributed by atoms with Crippen LogP contribution in [0.25, 0.3) is 0 Å². The lowest BCUT2D eigenvalue weighted by molar-refractivity contribution is 0.0320. The molecule has 0 amide bonds. The average molecular weight is 317 g/mol. The normalized spacial score (nSPS) is 13.1. The second kappa shape index (κ2) is 7.51. The van der Waals surface area contributed by atoms with Crippen LogP contribution in [0.15, 0.2) is 23.1 Å². The van der Waals surface area contributed by atoms with E-state index >= 15 is 0 Å². The van der Waals surface area contributed by atoms with Crippen LogP contribution in [0.3, 0.4) is 0 Å². The molecular formula is C13H19NO6S. The molecule has 7 nitrogen and oxygen atoms in total. The number of carbonyl (C=O) groups is 1. The van der Waals surface area contributed by atoms with Crippen LogP contribution in [-0.4, -0.2) is 53.0 Å². The van der Waals surface area contributed by atoms with Gasteiger partial charge in [0.2, 0.25) is 10.0 Å². The van der Waals surface area contributed by atoms with Gasteiger partial charge in [0.1, 0.15) is 0 Å². The minimum absolute atomic E-state index is 0.0312. The second-order valence-electron chi connectivity index (χ2n) is 4.40. The van der Waals surface area contributed by atoms with Crippen molar-refractivity contribution in [3.8, 4) is 0 Å². The van der Waals surface area contributed by atoms with Crippen molar-refractivity contribution in [2.75, 3.05) is 27.4 Å².